The highest BCUT2D eigenvalue weighted by Crippen LogP contribution is 2.13. The average molecular weight is 260 g/mol. The molecule has 96 valence electrons. The van der Waals surface area contributed by atoms with Gasteiger partial charge in [0.05, 0.1) is 5.01 Å². The summed E-state index contributed by atoms with van der Waals surface area (Å²) in [6.45, 7) is 5.21. The molecule has 2 rings (SSSR count). The summed E-state index contributed by atoms with van der Waals surface area (Å²) >= 11 is 1.76. The molecule has 0 radical (unpaired) electrons. The molecule has 0 fully saturated rings. The van der Waals surface area contributed by atoms with E-state index in [0.29, 0.717) is 6.04 Å². The largest absolute Gasteiger partial charge is 0.314 e. The van der Waals surface area contributed by atoms with E-state index < -0.39 is 0 Å². The van der Waals surface area contributed by atoms with E-state index in [2.05, 4.69) is 59.9 Å². The molecule has 3 heteroatoms. The number of nitrogens with one attached hydrogen (secondary N) is 1. The van der Waals surface area contributed by atoms with E-state index in [1.165, 1.54) is 10.6 Å². The lowest BCUT2D eigenvalue weighted by Crippen LogP contribution is -2.33. The van der Waals surface area contributed by atoms with E-state index in [1.54, 1.807) is 11.3 Å². The van der Waals surface area contributed by atoms with Crippen molar-refractivity contribution < 1.29 is 0 Å². The Morgan fingerprint density at radius 1 is 1.22 bits per heavy atom. The zero-order valence-electron chi connectivity index (χ0n) is 11.0. The Balaban J connectivity index is 1.99. The van der Waals surface area contributed by atoms with Crippen LogP contribution in [0.4, 0.5) is 0 Å². The molecule has 2 aromatic rings. The van der Waals surface area contributed by atoms with Crippen molar-refractivity contribution in [3.05, 3.63) is 52.0 Å². The van der Waals surface area contributed by atoms with Gasteiger partial charge in [-0.05, 0) is 25.5 Å². The highest BCUT2D eigenvalue weighted by molar-refractivity contribution is 7.09. The highest BCUT2D eigenvalue weighted by atomic mass is 32.1. The Labute approximate surface area is 113 Å². The van der Waals surface area contributed by atoms with Gasteiger partial charge in [0.25, 0.3) is 0 Å². The third kappa shape index (κ3) is 3.93. The van der Waals surface area contributed by atoms with E-state index >= 15 is 0 Å². The maximum atomic E-state index is 4.55. The first-order chi connectivity index (χ1) is 8.78. The quantitative estimate of drug-likeness (QED) is 0.862. The molecule has 1 aromatic heterocycles. The van der Waals surface area contributed by atoms with Gasteiger partial charge in [0, 0.05) is 23.5 Å². The second kappa shape index (κ2) is 6.66. The molecular weight excluding hydrogens is 240 g/mol. The summed E-state index contributed by atoms with van der Waals surface area (Å²) in [5, 5.41) is 6.91. The number of thiazole rings is 1. The smallest absolute Gasteiger partial charge is 0.0943 e. The van der Waals surface area contributed by atoms with Gasteiger partial charge in [0.2, 0.25) is 0 Å². The van der Waals surface area contributed by atoms with Crippen LogP contribution in [-0.2, 0) is 12.8 Å². The summed E-state index contributed by atoms with van der Waals surface area (Å²) in [5.74, 6) is 0. The average Bonchev–Trinajstić information content (AvgIpc) is 2.76. The van der Waals surface area contributed by atoms with E-state index in [9.17, 15) is 0 Å². The first-order valence-corrected chi connectivity index (χ1v) is 7.34. The summed E-state index contributed by atoms with van der Waals surface area (Å²) in [6, 6.07) is 11.1. The summed E-state index contributed by atoms with van der Waals surface area (Å²) < 4.78 is 0. The number of benzene rings is 1. The van der Waals surface area contributed by atoms with Gasteiger partial charge in [0.15, 0.2) is 0 Å². The molecular formula is C15H20N2S. The third-order valence-electron chi connectivity index (χ3n) is 2.91. The fraction of sp³-hybridized carbons (Fsp3) is 0.400. The van der Waals surface area contributed by atoms with Crippen molar-refractivity contribution in [1.29, 1.82) is 0 Å². The zero-order chi connectivity index (χ0) is 12.8. The van der Waals surface area contributed by atoms with Crippen molar-refractivity contribution in [2.24, 2.45) is 0 Å². The number of hydrogen-bond donors (Lipinski definition) is 1. The Morgan fingerprint density at radius 3 is 2.61 bits per heavy atom. The van der Waals surface area contributed by atoms with Gasteiger partial charge in [-0.3, -0.25) is 0 Å². The van der Waals surface area contributed by atoms with Crippen molar-refractivity contribution in [2.45, 2.75) is 32.7 Å². The lowest BCUT2D eigenvalue weighted by Gasteiger charge is -2.16. The fourth-order valence-electron chi connectivity index (χ4n) is 2.11. The number of hydrogen-bond acceptors (Lipinski definition) is 3. The lowest BCUT2D eigenvalue weighted by atomic mass is 10.0. The Hall–Kier alpha value is -1.19. The number of aryl methyl sites for hydroxylation is 1. The number of nitrogens with zero attached hydrogens (tertiary/aromatic N) is 1. The highest BCUT2D eigenvalue weighted by Gasteiger charge is 2.11. The molecule has 18 heavy (non-hydrogen) atoms. The van der Waals surface area contributed by atoms with Gasteiger partial charge < -0.3 is 5.32 Å². The lowest BCUT2D eigenvalue weighted by molar-refractivity contribution is 0.520. The Morgan fingerprint density at radius 2 is 2.00 bits per heavy atom. The molecule has 0 bridgehead atoms. The van der Waals surface area contributed by atoms with Crippen molar-refractivity contribution >= 4 is 11.3 Å². The summed E-state index contributed by atoms with van der Waals surface area (Å²) in [5.41, 5.74) is 2.52. The van der Waals surface area contributed by atoms with E-state index in [0.717, 1.165) is 25.1 Å². The molecule has 0 spiro atoms. The first-order valence-electron chi connectivity index (χ1n) is 6.46. The van der Waals surface area contributed by atoms with Crippen LogP contribution in [0.25, 0.3) is 0 Å². The predicted octanol–water partition coefficient (Wildman–Crippen LogP) is 3.21. The minimum absolute atomic E-state index is 0.475. The first kappa shape index (κ1) is 13.2. The van der Waals surface area contributed by atoms with E-state index in [4.69, 9.17) is 0 Å². The molecule has 0 aliphatic carbocycles. The van der Waals surface area contributed by atoms with Crippen LogP contribution in [0.1, 0.15) is 23.2 Å². The standard InChI is InChI=1S/C15H20N2S/c1-3-16-14(9-13-7-5-4-6-8-13)10-15-17-12(2)11-18-15/h4-8,11,14,16H,3,9-10H2,1-2H3. The van der Waals surface area contributed by atoms with Crippen molar-refractivity contribution in [2.75, 3.05) is 6.54 Å². The van der Waals surface area contributed by atoms with Gasteiger partial charge in [-0.15, -0.1) is 11.3 Å². The molecule has 1 atom stereocenters. The topological polar surface area (TPSA) is 24.9 Å². The third-order valence-corrected chi connectivity index (χ3v) is 3.89. The predicted molar refractivity (Wildman–Crippen MR) is 78.2 cm³/mol. The molecule has 2 nitrogen and oxygen atoms in total. The van der Waals surface area contributed by atoms with Gasteiger partial charge in [0.1, 0.15) is 0 Å². The molecule has 1 N–H and O–H groups in total. The zero-order valence-corrected chi connectivity index (χ0v) is 11.8. The van der Waals surface area contributed by atoms with Gasteiger partial charge in [-0.1, -0.05) is 37.3 Å². The Bertz CT molecular complexity index is 464. The SMILES string of the molecule is CCNC(Cc1ccccc1)Cc1nc(C)cs1. The molecule has 0 saturated carbocycles. The normalized spacial score (nSPS) is 12.6. The van der Waals surface area contributed by atoms with Gasteiger partial charge in [-0.2, -0.15) is 0 Å². The monoisotopic (exact) mass is 260 g/mol. The summed E-state index contributed by atoms with van der Waals surface area (Å²) in [6.07, 6.45) is 2.08. The van der Waals surface area contributed by atoms with Crippen LogP contribution in [0.5, 0.6) is 0 Å². The van der Waals surface area contributed by atoms with Crippen molar-refractivity contribution in [3.8, 4) is 0 Å². The second-order valence-corrected chi connectivity index (χ2v) is 5.47. The number of aromatic nitrogens is 1. The van der Waals surface area contributed by atoms with E-state index in [1.807, 2.05) is 0 Å². The molecule has 0 amide bonds. The molecule has 0 aliphatic rings. The maximum absolute atomic E-state index is 4.55. The van der Waals surface area contributed by atoms with Crippen LogP contribution in [0.2, 0.25) is 0 Å². The van der Waals surface area contributed by atoms with E-state index in [-0.39, 0.29) is 0 Å². The van der Waals surface area contributed by atoms with Crippen molar-refractivity contribution in [3.63, 3.8) is 0 Å². The van der Waals surface area contributed by atoms with Crippen LogP contribution in [0.3, 0.4) is 0 Å². The van der Waals surface area contributed by atoms with Crippen LogP contribution >= 0.6 is 11.3 Å². The van der Waals surface area contributed by atoms with Crippen molar-refractivity contribution in [1.82, 2.24) is 10.3 Å². The number of rotatable bonds is 6. The number of likely N-dealkylation sites (N-methyl/N-ethyl adjacent to an activating group) is 1. The van der Waals surface area contributed by atoms with Gasteiger partial charge in [-0.25, -0.2) is 4.98 Å². The molecule has 1 unspecified atom stereocenters. The van der Waals surface area contributed by atoms with Crippen LogP contribution in [0.15, 0.2) is 35.7 Å². The van der Waals surface area contributed by atoms with Gasteiger partial charge >= 0.3 is 0 Å². The second-order valence-electron chi connectivity index (χ2n) is 4.53. The summed E-state index contributed by atoms with van der Waals surface area (Å²) in [4.78, 5) is 4.55. The summed E-state index contributed by atoms with van der Waals surface area (Å²) in [7, 11) is 0. The maximum Gasteiger partial charge on any atom is 0.0943 e. The minimum Gasteiger partial charge on any atom is -0.314 e. The van der Waals surface area contributed by atoms with Crippen LogP contribution < -0.4 is 5.32 Å². The molecule has 1 aromatic carbocycles. The molecule has 1 heterocycles. The minimum atomic E-state index is 0.475. The fourth-order valence-corrected chi connectivity index (χ4v) is 2.96. The molecule has 0 saturated heterocycles. The molecule has 0 aliphatic heterocycles. The Kier molecular flexibility index (Phi) is 4.90. The van der Waals surface area contributed by atoms with Crippen LogP contribution in [-0.4, -0.2) is 17.6 Å². The van der Waals surface area contributed by atoms with Crippen LogP contribution in [0, 0.1) is 6.92 Å².